The number of carbonyl (C=O) groups excluding carboxylic acids is 1. The number of pyridine rings is 1. The highest BCUT2D eigenvalue weighted by atomic mass is 16.5. The minimum Gasteiger partial charge on any atom is -0.305 e. The molecule has 3 N–H and O–H groups in total. The van der Waals surface area contributed by atoms with Crippen molar-refractivity contribution in [3.05, 3.63) is 41.5 Å². The first-order chi connectivity index (χ1) is 12.4. The zero-order chi connectivity index (χ0) is 19.5. The molecule has 1 heterocycles. The topological polar surface area (TPSA) is 81.3 Å². The molecular weight excluding hydrogens is 328 g/mol. The molecular formula is C20H36N4O2. The average molecular weight is 365 g/mol. The molecule has 0 bridgehead atoms. The molecule has 6 heteroatoms. The predicted octanol–water partition coefficient (Wildman–Crippen LogP) is 3.60. The minimum atomic E-state index is -0.594. The molecule has 1 aromatic heterocycles. The molecule has 0 fully saturated rings. The lowest BCUT2D eigenvalue weighted by Gasteiger charge is -2.24. The Hall–Kier alpha value is -2.18. The predicted molar refractivity (Wildman–Crippen MR) is 110 cm³/mol. The Kier molecular flexibility index (Phi) is 9.62. The number of nitrogens with one attached hydrogen (secondary N) is 2. The summed E-state index contributed by atoms with van der Waals surface area (Å²) in [4.78, 5) is 13.5. The maximum Gasteiger partial charge on any atom is 0.267 e. The molecule has 0 radical (unpaired) electrons. The maximum absolute atomic E-state index is 11.1. The summed E-state index contributed by atoms with van der Waals surface area (Å²) in [6, 6.07) is 3.56. The monoisotopic (exact) mass is 364 g/mol. The molecule has 0 aliphatic carbocycles. The molecule has 0 aromatic carbocycles. The van der Waals surface area contributed by atoms with Crippen LogP contribution in [0.1, 0.15) is 49.0 Å². The summed E-state index contributed by atoms with van der Waals surface area (Å²) >= 11 is 0. The standard InChI is InChI=1S/C20H32N4O2.2H2/c1-5-7-18(15-23(6-2)12-10-16(3)4)24-13-11-17(14-19(24)21)8-9-20(25)22-26;;/h7-9,11,13-14,16,21,26H,5-6,10,12,15H2,1-4H3,(H,22,25);2*1H/b9-8+,18-7+,21-19?;;. The first-order valence-electron chi connectivity index (χ1n) is 9.22. The van der Waals surface area contributed by atoms with Crippen LogP contribution in [0, 0.1) is 11.3 Å². The summed E-state index contributed by atoms with van der Waals surface area (Å²) < 4.78 is 1.88. The van der Waals surface area contributed by atoms with E-state index in [-0.39, 0.29) is 2.85 Å². The summed E-state index contributed by atoms with van der Waals surface area (Å²) in [6.07, 6.45) is 8.87. The van der Waals surface area contributed by atoms with Crippen LogP contribution in [0.15, 0.2) is 30.5 Å². The first kappa shape index (κ1) is 21.9. The van der Waals surface area contributed by atoms with Crippen molar-refractivity contribution in [2.24, 2.45) is 5.92 Å². The molecule has 0 saturated carbocycles. The van der Waals surface area contributed by atoms with Crippen LogP contribution < -0.4 is 11.0 Å². The lowest BCUT2D eigenvalue weighted by atomic mass is 10.1. The number of carbonyl (C=O) groups is 1. The zero-order valence-corrected chi connectivity index (χ0v) is 16.3. The van der Waals surface area contributed by atoms with E-state index >= 15 is 0 Å². The van der Waals surface area contributed by atoms with E-state index in [9.17, 15) is 4.79 Å². The van der Waals surface area contributed by atoms with Crippen molar-refractivity contribution in [2.75, 3.05) is 19.6 Å². The van der Waals surface area contributed by atoms with Gasteiger partial charge in [0.15, 0.2) is 0 Å². The van der Waals surface area contributed by atoms with Crippen LogP contribution in [-0.2, 0) is 4.79 Å². The number of amides is 1. The number of hydroxylamine groups is 1. The highest BCUT2D eigenvalue weighted by Gasteiger charge is 2.09. The molecule has 1 rings (SSSR count). The largest absolute Gasteiger partial charge is 0.305 e. The Morgan fingerprint density at radius 1 is 1.46 bits per heavy atom. The highest BCUT2D eigenvalue weighted by Crippen LogP contribution is 2.10. The van der Waals surface area contributed by atoms with E-state index in [2.05, 4.69) is 38.7 Å². The first-order valence-corrected chi connectivity index (χ1v) is 9.22. The van der Waals surface area contributed by atoms with Crippen LogP contribution in [0.4, 0.5) is 0 Å². The van der Waals surface area contributed by atoms with Crippen LogP contribution in [-0.4, -0.2) is 40.2 Å². The molecule has 0 atom stereocenters. The van der Waals surface area contributed by atoms with Gasteiger partial charge in [-0.2, -0.15) is 0 Å². The molecule has 0 spiro atoms. The number of nitrogens with zero attached hydrogens (tertiary/aromatic N) is 2. The lowest BCUT2D eigenvalue weighted by Crippen LogP contribution is -2.31. The van der Waals surface area contributed by atoms with Crippen LogP contribution in [0.2, 0.25) is 0 Å². The fourth-order valence-electron chi connectivity index (χ4n) is 2.57. The van der Waals surface area contributed by atoms with E-state index in [1.54, 1.807) is 17.6 Å². The van der Waals surface area contributed by atoms with Crippen molar-refractivity contribution in [1.29, 1.82) is 5.41 Å². The van der Waals surface area contributed by atoms with Gasteiger partial charge in [-0.25, -0.2) is 5.48 Å². The van der Waals surface area contributed by atoms with Crippen molar-refractivity contribution in [1.82, 2.24) is 14.9 Å². The molecule has 0 aliphatic heterocycles. The Balaban J connectivity index is 0. The quantitative estimate of drug-likeness (QED) is 0.337. The Labute approximate surface area is 159 Å². The van der Waals surface area contributed by atoms with E-state index in [0.29, 0.717) is 11.4 Å². The Morgan fingerprint density at radius 2 is 2.19 bits per heavy atom. The lowest BCUT2D eigenvalue weighted by molar-refractivity contribution is -0.124. The van der Waals surface area contributed by atoms with E-state index in [4.69, 9.17) is 10.6 Å². The van der Waals surface area contributed by atoms with E-state index < -0.39 is 5.91 Å². The number of hydrogen-bond acceptors (Lipinski definition) is 4. The summed E-state index contributed by atoms with van der Waals surface area (Å²) in [6.45, 7) is 11.5. The second-order valence-electron chi connectivity index (χ2n) is 6.68. The number of aromatic nitrogens is 1. The van der Waals surface area contributed by atoms with Gasteiger partial charge in [0.25, 0.3) is 5.91 Å². The Bertz CT molecular complexity index is 700. The van der Waals surface area contributed by atoms with Crippen LogP contribution in [0.3, 0.4) is 0 Å². The van der Waals surface area contributed by atoms with Gasteiger partial charge in [0, 0.05) is 27.4 Å². The fourth-order valence-corrected chi connectivity index (χ4v) is 2.57. The molecule has 0 aliphatic rings. The van der Waals surface area contributed by atoms with Gasteiger partial charge in [-0.1, -0.05) is 33.8 Å². The number of likely N-dealkylation sites (N-methyl/N-ethyl adjacent to an activating group) is 1. The molecule has 1 amide bonds. The number of hydrogen-bond donors (Lipinski definition) is 3. The summed E-state index contributed by atoms with van der Waals surface area (Å²) in [7, 11) is 0. The van der Waals surface area contributed by atoms with Crippen molar-refractivity contribution in [3.63, 3.8) is 0 Å². The van der Waals surface area contributed by atoms with Gasteiger partial charge < -0.3 is 4.57 Å². The van der Waals surface area contributed by atoms with Crippen molar-refractivity contribution < 1.29 is 12.9 Å². The number of allylic oxidation sites excluding steroid dienone is 1. The third-order valence-corrected chi connectivity index (χ3v) is 4.12. The fraction of sp³-hybridized carbons (Fsp3) is 0.500. The van der Waals surface area contributed by atoms with Gasteiger partial charge in [-0.15, -0.1) is 0 Å². The van der Waals surface area contributed by atoms with E-state index in [1.807, 2.05) is 16.8 Å². The van der Waals surface area contributed by atoms with Crippen LogP contribution >= 0.6 is 0 Å². The van der Waals surface area contributed by atoms with Crippen molar-refractivity contribution >= 4 is 17.7 Å². The van der Waals surface area contributed by atoms with Gasteiger partial charge in [0.1, 0.15) is 5.49 Å². The molecule has 0 unspecified atom stereocenters. The number of rotatable bonds is 10. The van der Waals surface area contributed by atoms with Crippen molar-refractivity contribution in [3.8, 4) is 0 Å². The van der Waals surface area contributed by atoms with Gasteiger partial charge in [0.05, 0.1) is 0 Å². The highest BCUT2D eigenvalue weighted by molar-refractivity contribution is 5.90. The molecule has 148 valence electrons. The zero-order valence-electron chi connectivity index (χ0n) is 16.3. The molecule has 1 aromatic rings. The molecule has 6 nitrogen and oxygen atoms in total. The van der Waals surface area contributed by atoms with Gasteiger partial charge >= 0.3 is 0 Å². The van der Waals surface area contributed by atoms with Gasteiger partial charge in [-0.05, 0) is 55.6 Å². The van der Waals surface area contributed by atoms with Crippen LogP contribution in [0.25, 0.3) is 11.8 Å². The molecule has 0 saturated heterocycles. The SMILES string of the molecule is CC/C=C(\CN(CC)CCC(C)C)n1ccc(/C=C/C(=O)NO)cc1=N.[HH].[HH]. The normalized spacial score (nSPS) is 12.3. The average Bonchev–Trinajstić information content (AvgIpc) is 2.62. The third-order valence-electron chi connectivity index (χ3n) is 4.12. The summed E-state index contributed by atoms with van der Waals surface area (Å²) in [5.74, 6) is 0.0767. The summed E-state index contributed by atoms with van der Waals surface area (Å²) in [5.41, 5.74) is 3.73. The smallest absolute Gasteiger partial charge is 0.267 e. The van der Waals surface area contributed by atoms with Gasteiger partial charge in [0.2, 0.25) is 0 Å². The van der Waals surface area contributed by atoms with E-state index in [0.717, 1.165) is 43.7 Å². The van der Waals surface area contributed by atoms with E-state index in [1.165, 1.54) is 6.08 Å². The second kappa shape index (κ2) is 11.4. The van der Waals surface area contributed by atoms with Crippen LogP contribution in [0.5, 0.6) is 0 Å². The Morgan fingerprint density at radius 3 is 2.73 bits per heavy atom. The van der Waals surface area contributed by atoms with Gasteiger partial charge in [-0.3, -0.25) is 20.3 Å². The summed E-state index contributed by atoms with van der Waals surface area (Å²) in [5, 5.41) is 16.9. The second-order valence-corrected chi connectivity index (χ2v) is 6.68. The third kappa shape index (κ3) is 7.37. The van der Waals surface area contributed by atoms with Crippen molar-refractivity contribution in [2.45, 2.75) is 40.5 Å². The maximum atomic E-state index is 11.1. The molecule has 26 heavy (non-hydrogen) atoms. The minimum absolute atomic E-state index is 0.